The number of hydrogen-bond acceptors (Lipinski definition) is 3. The molecule has 3 nitrogen and oxygen atoms in total. The lowest BCUT2D eigenvalue weighted by molar-refractivity contribution is -0.137. The highest BCUT2D eigenvalue weighted by Crippen LogP contribution is 2.33. The molecule has 0 amide bonds. The van der Waals surface area contributed by atoms with Gasteiger partial charge < -0.3 is 15.5 Å². The first-order valence-electron chi connectivity index (χ1n) is 5.88. The van der Waals surface area contributed by atoms with Gasteiger partial charge in [-0.05, 0) is 35.9 Å². The largest absolute Gasteiger partial charge is 0.504 e. The Hall–Kier alpha value is -2.08. The summed E-state index contributed by atoms with van der Waals surface area (Å²) in [7, 11) is 0. The van der Waals surface area contributed by atoms with E-state index < -0.39 is 11.7 Å². The van der Waals surface area contributed by atoms with Gasteiger partial charge in [0.2, 0.25) is 0 Å². The molecule has 0 bridgehead atoms. The predicted molar refractivity (Wildman–Crippen MR) is 73.6 cm³/mol. The molecule has 0 saturated carbocycles. The quantitative estimate of drug-likeness (QED) is 0.736. The van der Waals surface area contributed by atoms with E-state index in [1.807, 2.05) is 0 Å². The molecule has 0 radical (unpaired) electrons. The number of aromatic hydroxyl groups is 2. The highest BCUT2D eigenvalue weighted by Gasteiger charge is 2.31. The van der Waals surface area contributed by atoms with E-state index in [9.17, 15) is 23.4 Å². The lowest BCUT2D eigenvalue weighted by Gasteiger charge is -2.12. The van der Waals surface area contributed by atoms with E-state index >= 15 is 0 Å². The van der Waals surface area contributed by atoms with Gasteiger partial charge in [0.1, 0.15) is 0 Å². The SMILES string of the molecule is Oc1ccc(CNc2cc(Cl)cc(C(F)(F)F)c2)cc1O. The molecule has 0 aliphatic heterocycles. The summed E-state index contributed by atoms with van der Waals surface area (Å²) in [5, 5.41) is 21.3. The molecular formula is C14H11ClF3NO2. The number of benzene rings is 2. The molecule has 2 aromatic carbocycles. The molecule has 0 aromatic heterocycles. The first kappa shape index (κ1) is 15.3. The summed E-state index contributed by atoms with van der Waals surface area (Å²) >= 11 is 5.67. The summed E-state index contributed by atoms with van der Waals surface area (Å²) in [6.07, 6.45) is -4.47. The van der Waals surface area contributed by atoms with Crippen LogP contribution in [0.2, 0.25) is 5.02 Å². The lowest BCUT2D eigenvalue weighted by Crippen LogP contribution is -2.06. The van der Waals surface area contributed by atoms with Gasteiger partial charge in [-0.3, -0.25) is 0 Å². The van der Waals surface area contributed by atoms with Crippen LogP contribution in [0.1, 0.15) is 11.1 Å². The van der Waals surface area contributed by atoms with E-state index in [1.165, 1.54) is 24.3 Å². The molecule has 0 fully saturated rings. The number of alkyl halides is 3. The van der Waals surface area contributed by atoms with Crippen molar-refractivity contribution in [1.82, 2.24) is 0 Å². The van der Waals surface area contributed by atoms with Crippen LogP contribution in [-0.2, 0) is 12.7 Å². The minimum atomic E-state index is -4.47. The average Bonchev–Trinajstić information content (AvgIpc) is 2.38. The lowest BCUT2D eigenvalue weighted by atomic mass is 10.1. The molecule has 0 spiro atoms. The van der Waals surface area contributed by atoms with Crippen LogP contribution in [0.4, 0.5) is 18.9 Å². The normalized spacial score (nSPS) is 11.4. The summed E-state index contributed by atoms with van der Waals surface area (Å²) in [6, 6.07) is 7.32. The molecule has 3 N–H and O–H groups in total. The van der Waals surface area contributed by atoms with Gasteiger partial charge in [0.15, 0.2) is 11.5 Å². The predicted octanol–water partition coefficient (Wildman–Crippen LogP) is 4.38. The van der Waals surface area contributed by atoms with Gasteiger partial charge >= 0.3 is 6.18 Å². The van der Waals surface area contributed by atoms with Crippen LogP contribution in [0.5, 0.6) is 11.5 Å². The van der Waals surface area contributed by atoms with E-state index in [0.717, 1.165) is 12.1 Å². The third-order valence-corrected chi connectivity index (χ3v) is 2.98. The van der Waals surface area contributed by atoms with Crippen molar-refractivity contribution in [3.63, 3.8) is 0 Å². The summed E-state index contributed by atoms with van der Waals surface area (Å²) in [5.41, 5.74) is -0.0349. The van der Waals surface area contributed by atoms with Gasteiger partial charge in [0, 0.05) is 17.3 Å². The number of phenols is 2. The fourth-order valence-electron chi connectivity index (χ4n) is 1.74. The topological polar surface area (TPSA) is 52.5 Å². The first-order valence-corrected chi connectivity index (χ1v) is 6.26. The number of nitrogens with one attached hydrogen (secondary N) is 1. The fraction of sp³-hybridized carbons (Fsp3) is 0.143. The third-order valence-electron chi connectivity index (χ3n) is 2.76. The molecule has 0 atom stereocenters. The van der Waals surface area contributed by atoms with Gasteiger partial charge in [-0.25, -0.2) is 0 Å². The van der Waals surface area contributed by atoms with Crippen molar-refractivity contribution in [1.29, 1.82) is 0 Å². The number of phenolic OH excluding ortho intramolecular Hbond substituents is 2. The van der Waals surface area contributed by atoms with Crippen molar-refractivity contribution in [3.8, 4) is 11.5 Å². The summed E-state index contributed by atoms with van der Waals surface area (Å²) in [5.74, 6) is -0.558. The molecule has 0 aliphatic rings. The van der Waals surface area contributed by atoms with Crippen molar-refractivity contribution in [3.05, 3.63) is 52.5 Å². The van der Waals surface area contributed by atoms with Gasteiger partial charge in [0.05, 0.1) is 5.56 Å². The monoisotopic (exact) mass is 317 g/mol. The Kier molecular flexibility index (Phi) is 4.18. The van der Waals surface area contributed by atoms with Crippen LogP contribution in [0.25, 0.3) is 0 Å². The van der Waals surface area contributed by atoms with E-state index in [1.54, 1.807) is 0 Å². The van der Waals surface area contributed by atoms with Crippen LogP contribution in [0.3, 0.4) is 0 Å². The number of hydrogen-bond donors (Lipinski definition) is 3. The molecule has 0 heterocycles. The Bertz CT molecular complexity index is 659. The standard InChI is InChI=1S/C14H11ClF3NO2/c15-10-4-9(14(16,17)18)5-11(6-10)19-7-8-1-2-12(20)13(21)3-8/h1-6,19-21H,7H2. The second-order valence-electron chi connectivity index (χ2n) is 4.40. The van der Waals surface area contributed by atoms with Crippen molar-refractivity contribution >= 4 is 17.3 Å². The smallest absolute Gasteiger partial charge is 0.416 e. The first-order chi connectivity index (χ1) is 9.75. The maximum Gasteiger partial charge on any atom is 0.416 e. The minimum Gasteiger partial charge on any atom is -0.504 e. The Morgan fingerprint density at radius 1 is 1.00 bits per heavy atom. The molecule has 2 aromatic rings. The molecule has 0 saturated heterocycles. The zero-order valence-electron chi connectivity index (χ0n) is 10.6. The molecule has 0 unspecified atom stereocenters. The average molecular weight is 318 g/mol. The van der Waals surface area contributed by atoms with Crippen molar-refractivity contribution in [2.75, 3.05) is 5.32 Å². The number of anilines is 1. The maximum atomic E-state index is 12.7. The zero-order chi connectivity index (χ0) is 15.6. The molecule has 7 heteroatoms. The van der Waals surface area contributed by atoms with Crippen LogP contribution in [0, 0.1) is 0 Å². The molecule has 21 heavy (non-hydrogen) atoms. The Morgan fingerprint density at radius 2 is 1.71 bits per heavy atom. The van der Waals surface area contributed by atoms with Gasteiger partial charge in [-0.15, -0.1) is 0 Å². The van der Waals surface area contributed by atoms with Crippen LogP contribution < -0.4 is 5.32 Å². The second-order valence-corrected chi connectivity index (χ2v) is 4.84. The maximum absolute atomic E-state index is 12.7. The van der Waals surface area contributed by atoms with Crippen molar-refractivity contribution in [2.45, 2.75) is 12.7 Å². The summed E-state index contributed by atoms with van der Waals surface area (Å²) in [6.45, 7) is 0.172. The van der Waals surface area contributed by atoms with Gasteiger partial charge in [0.25, 0.3) is 0 Å². The van der Waals surface area contributed by atoms with Crippen molar-refractivity contribution < 1.29 is 23.4 Å². The Morgan fingerprint density at radius 3 is 2.33 bits per heavy atom. The summed E-state index contributed by atoms with van der Waals surface area (Å²) < 4.78 is 38.0. The third kappa shape index (κ3) is 3.95. The van der Waals surface area contributed by atoms with Crippen LogP contribution in [0.15, 0.2) is 36.4 Å². The second kappa shape index (κ2) is 5.73. The minimum absolute atomic E-state index is 0.0270. The highest BCUT2D eigenvalue weighted by molar-refractivity contribution is 6.30. The van der Waals surface area contributed by atoms with Gasteiger partial charge in [-0.1, -0.05) is 17.7 Å². The molecule has 0 aliphatic carbocycles. The Labute approximate surface area is 123 Å². The fourth-order valence-corrected chi connectivity index (χ4v) is 1.97. The van der Waals surface area contributed by atoms with Crippen LogP contribution in [-0.4, -0.2) is 10.2 Å². The Balaban J connectivity index is 2.16. The number of rotatable bonds is 3. The van der Waals surface area contributed by atoms with E-state index in [0.29, 0.717) is 5.56 Å². The van der Waals surface area contributed by atoms with E-state index in [2.05, 4.69) is 5.32 Å². The van der Waals surface area contributed by atoms with E-state index in [4.69, 9.17) is 11.6 Å². The van der Waals surface area contributed by atoms with Gasteiger partial charge in [-0.2, -0.15) is 13.2 Å². The molecule has 2 rings (SSSR count). The van der Waals surface area contributed by atoms with Crippen LogP contribution >= 0.6 is 11.6 Å². The molecule has 112 valence electrons. The highest BCUT2D eigenvalue weighted by atomic mass is 35.5. The van der Waals surface area contributed by atoms with Crippen molar-refractivity contribution in [2.24, 2.45) is 0 Å². The zero-order valence-corrected chi connectivity index (χ0v) is 11.3. The van der Waals surface area contributed by atoms with E-state index in [-0.39, 0.29) is 28.8 Å². The summed E-state index contributed by atoms with van der Waals surface area (Å²) in [4.78, 5) is 0. The number of halogens is 4. The molecular weight excluding hydrogens is 307 g/mol.